The number of carbonyl (C=O) groups excluding carboxylic acids is 2. The maximum atomic E-state index is 14.5. The zero-order chi connectivity index (χ0) is 23.9. The number of amides is 3. The fourth-order valence-corrected chi connectivity index (χ4v) is 3.44. The number of urea groups is 1. The maximum Gasteiger partial charge on any atom is 0.336 e. The Morgan fingerprint density at radius 1 is 1.03 bits per heavy atom. The second-order valence-electron chi connectivity index (χ2n) is 8.62. The average Bonchev–Trinajstić information content (AvgIpc) is 2.72. The number of nitrogens with zero attached hydrogens (tertiary/aromatic N) is 1. The molecule has 0 aliphatic carbocycles. The summed E-state index contributed by atoms with van der Waals surface area (Å²) < 4.78 is 29.5. The Morgan fingerprint density at radius 2 is 1.69 bits per heavy atom. The summed E-state index contributed by atoms with van der Waals surface area (Å²) in [6.45, 7) is 8.56. The van der Waals surface area contributed by atoms with Crippen LogP contribution in [0, 0.1) is 0 Å². The highest BCUT2D eigenvalue weighted by Crippen LogP contribution is 2.34. The van der Waals surface area contributed by atoms with Crippen molar-refractivity contribution < 1.29 is 18.4 Å². The van der Waals surface area contributed by atoms with Crippen LogP contribution in [0.2, 0.25) is 0 Å². The first-order valence-corrected chi connectivity index (χ1v) is 11.3. The Kier molecular flexibility index (Phi) is 8.78. The lowest BCUT2D eigenvalue weighted by molar-refractivity contribution is -0.127. The van der Waals surface area contributed by atoms with Crippen molar-refractivity contribution in [3.8, 4) is 0 Å². The van der Waals surface area contributed by atoms with E-state index in [1.807, 2.05) is 24.3 Å². The minimum absolute atomic E-state index is 0.00834. The lowest BCUT2D eigenvalue weighted by Gasteiger charge is -2.25. The minimum atomic E-state index is -3.17. The Labute approximate surface area is 196 Å². The molecule has 3 amide bonds. The smallest absolute Gasteiger partial charge is 0.336 e. The van der Waals surface area contributed by atoms with E-state index in [2.05, 4.69) is 47.4 Å². The molecule has 174 valence electrons. The van der Waals surface area contributed by atoms with Gasteiger partial charge in [-0.2, -0.15) is 0 Å². The van der Waals surface area contributed by atoms with Crippen LogP contribution in [0.25, 0.3) is 0 Å². The van der Waals surface area contributed by atoms with Crippen LogP contribution in [0.15, 0.2) is 53.0 Å². The van der Waals surface area contributed by atoms with E-state index in [1.165, 1.54) is 18.2 Å². The second-order valence-corrected chi connectivity index (χ2v) is 9.53. The first kappa shape index (κ1) is 25.8. The molecule has 0 fully saturated rings. The fourth-order valence-electron chi connectivity index (χ4n) is 3.04. The summed E-state index contributed by atoms with van der Waals surface area (Å²) in [6.07, 6.45) is -1.10. The summed E-state index contributed by atoms with van der Waals surface area (Å²) in [6, 6.07) is 13.1. The molecule has 32 heavy (non-hydrogen) atoms. The predicted molar refractivity (Wildman–Crippen MR) is 125 cm³/mol. The molecule has 0 spiro atoms. The third kappa shape index (κ3) is 7.58. The van der Waals surface area contributed by atoms with Crippen LogP contribution < -0.4 is 10.7 Å². The zero-order valence-electron chi connectivity index (χ0n) is 18.8. The van der Waals surface area contributed by atoms with E-state index in [0.717, 1.165) is 16.1 Å². The number of carbonyl (C=O) groups is 2. The van der Waals surface area contributed by atoms with Gasteiger partial charge in [0.2, 0.25) is 5.91 Å². The molecule has 0 aliphatic rings. The monoisotopic (exact) mass is 509 g/mol. The van der Waals surface area contributed by atoms with Crippen molar-refractivity contribution in [2.45, 2.75) is 58.4 Å². The number of hydrogen-bond donors (Lipinski definition) is 2. The molecule has 0 saturated carbocycles. The van der Waals surface area contributed by atoms with E-state index in [1.54, 1.807) is 13.0 Å². The minimum Gasteiger partial charge on any atom is -0.337 e. The highest BCUT2D eigenvalue weighted by molar-refractivity contribution is 9.10. The SMILES string of the molecule is CCNC(=O)N(Cc1ccc(C(C)(C)C)cc1)NC(=O)CCC(F)(F)c1cccc(Br)c1. The molecule has 0 radical (unpaired) electrons. The summed E-state index contributed by atoms with van der Waals surface area (Å²) in [5.74, 6) is -3.82. The van der Waals surface area contributed by atoms with Crippen molar-refractivity contribution in [3.63, 3.8) is 0 Å². The summed E-state index contributed by atoms with van der Waals surface area (Å²) >= 11 is 3.18. The van der Waals surface area contributed by atoms with Crippen LogP contribution >= 0.6 is 15.9 Å². The van der Waals surface area contributed by atoms with Gasteiger partial charge in [-0.15, -0.1) is 0 Å². The third-order valence-corrected chi connectivity index (χ3v) is 5.40. The Hall–Kier alpha value is -2.48. The number of alkyl halides is 2. The number of halogens is 3. The molecule has 2 rings (SSSR count). The molecule has 2 aromatic rings. The molecule has 2 N–H and O–H groups in total. The van der Waals surface area contributed by atoms with Gasteiger partial charge in [0, 0.05) is 29.4 Å². The van der Waals surface area contributed by atoms with Crippen LogP contribution in [-0.2, 0) is 22.7 Å². The van der Waals surface area contributed by atoms with Crippen LogP contribution in [0.4, 0.5) is 13.6 Å². The summed E-state index contributed by atoms with van der Waals surface area (Å²) in [5, 5.41) is 3.75. The molecule has 0 heterocycles. The third-order valence-electron chi connectivity index (χ3n) is 4.91. The summed E-state index contributed by atoms with van der Waals surface area (Å²) in [4.78, 5) is 24.8. The first-order valence-electron chi connectivity index (χ1n) is 10.5. The topological polar surface area (TPSA) is 61.4 Å². The van der Waals surface area contributed by atoms with Crippen molar-refractivity contribution in [1.29, 1.82) is 0 Å². The van der Waals surface area contributed by atoms with Crippen LogP contribution in [-0.4, -0.2) is 23.5 Å². The van der Waals surface area contributed by atoms with E-state index in [9.17, 15) is 18.4 Å². The molecule has 0 aromatic heterocycles. The molecule has 0 aliphatic heterocycles. The lowest BCUT2D eigenvalue weighted by Crippen LogP contribution is -2.50. The first-order chi connectivity index (χ1) is 14.9. The summed E-state index contributed by atoms with van der Waals surface area (Å²) in [5.41, 5.74) is 4.25. The van der Waals surface area contributed by atoms with E-state index in [4.69, 9.17) is 0 Å². The van der Waals surface area contributed by atoms with Gasteiger partial charge in [0.15, 0.2) is 0 Å². The van der Waals surface area contributed by atoms with Gasteiger partial charge >= 0.3 is 6.03 Å². The standard InChI is InChI=1S/C24H30BrF2N3O2/c1-5-28-22(32)30(16-17-9-11-18(12-10-17)23(2,3)4)29-21(31)13-14-24(26,27)19-7-6-8-20(25)15-19/h6-12,15H,5,13-14,16H2,1-4H3,(H,28,32)(H,29,31). The molecule has 8 heteroatoms. The van der Waals surface area contributed by atoms with Crippen molar-refractivity contribution >= 4 is 27.9 Å². The fraction of sp³-hybridized carbons (Fsp3) is 0.417. The Morgan fingerprint density at radius 3 is 2.25 bits per heavy atom. The van der Waals surface area contributed by atoms with Gasteiger partial charge in [-0.3, -0.25) is 10.2 Å². The highest BCUT2D eigenvalue weighted by atomic mass is 79.9. The van der Waals surface area contributed by atoms with Gasteiger partial charge in [-0.05, 0) is 35.6 Å². The molecule has 0 saturated heterocycles. The molecular weight excluding hydrogens is 480 g/mol. The zero-order valence-corrected chi connectivity index (χ0v) is 20.4. The number of nitrogens with one attached hydrogen (secondary N) is 2. The van der Waals surface area contributed by atoms with E-state index in [0.29, 0.717) is 11.0 Å². The maximum absolute atomic E-state index is 14.5. The lowest BCUT2D eigenvalue weighted by atomic mass is 9.87. The van der Waals surface area contributed by atoms with Gasteiger partial charge < -0.3 is 5.32 Å². The van der Waals surface area contributed by atoms with Crippen LogP contribution in [0.5, 0.6) is 0 Å². The number of hydrogen-bond acceptors (Lipinski definition) is 2. The van der Waals surface area contributed by atoms with Crippen molar-refractivity contribution in [3.05, 3.63) is 69.7 Å². The largest absolute Gasteiger partial charge is 0.337 e. The van der Waals surface area contributed by atoms with E-state index in [-0.39, 0.29) is 17.5 Å². The Bertz CT molecular complexity index is 928. The van der Waals surface area contributed by atoms with Gasteiger partial charge in [-0.25, -0.2) is 18.6 Å². The van der Waals surface area contributed by atoms with Crippen LogP contribution in [0.1, 0.15) is 57.2 Å². The molecule has 2 aromatic carbocycles. The van der Waals surface area contributed by atoms with E-state index < -0.39 is 30.7 Å². The Balaban J connectivity index is 2.04. The van der Waals surface area contributed by atoms with Gasteiger partial charge in [-0.1, -0.05) is 73.1 Å². The number of benzene rings is 2. The molecule has 0 bridgehead atoms. The molecule has 0 unspecified atom stereocenters. The van der Waals surface area contributed by atoms with Gasteiger partial charge in [0.25, 0.3) is 5.92 Å². The second kappa shape index (κ2) is 10.9. The highest BCUT2D eigenvalue weighted by Gasteiger charge is 2.32. The summed E-state index contributed by atoms with van der Waals surface area (Å²) in [7, 11) is 0. The van der Waals surface area contributed by atoms with Gasteiger partial charge in [0.1, 0.15) is 0 Å². The number of hydrazine groups is 1. The molecular formula is C24H30BrF2N3O2. The average molecular weight is 510 g/mol. The van der Waals surface area contributed by atoms with Crippen molar-refractivity contribution in [2.75, 3.05) is 6.54 Å². The van der Waals surface area contributed by atoms with Crippen molar-refractivity contribution in [2.24, 2.45) is 0 Å². The quantitative estimate of drug-likeness (QED) is 0.457. The number of rotatable bonds is 7. The van der Waals surface area contributed by atoms with E-state index >= 15 is 0 Å². The predicted octanol–water partition coefficient (Wildman–Crippen LogP) is 5.88. The van der Waals surface area contributed by atoms with Crippen LogP contribution in [0.3, 0.4) is 0 Å². The molecule has 0 atom stereocenters. The van der Waals surface area contributed by atoms with Gasteiger partial charge in [0.05, 0.1) is 6.54 Å². The normalized spacial score (nSPS) is 11.7. The van der Waals surface area contributed by atoms with Crippen molar-refractivity contribution in [1.82, 2.24) is 15.8 Å². The molecule has 5 nitrogen and oxygen atoms in total.